The van der Waals surface area contributed by atoms with E-state index in [2.05, 4.69) is 30.7 Å². The smallest absolute Gasteiger partial charge is 0.269 e. The van der Waals surface area contributed by atoms with Crippen LogP contribution in [0.4, 0.5) is 11.4 Å². The summed E-state index contributed by atoms with van der Waals surface area (Å²) in [5.41, 5.74) is 4.27. The number of nitrogens with zero attached hydrogens (tertiary/aromatic N) is 6. The van der Waals surface area contributed by atoms with Gasteiger partial charge < -0.3 is 0 Å². The van der Waals surface area contributed by atoms with E-state index >= 15 is 0 Å². The average molecular weight is 478 g/mol. The van der Waals surface area contributed by atoms with Gasteiger partial charge in [-0.2, -0.15) is 5.10 Å². The van der Waals surface area contributed by atoms with E-state index in [4.69, 9.17) is 0 Å². The zero-order valence-electron chi connectivity index (χ0n) is 16.9. The van der Waals surface area contributed by atoms with Crippen molar-refractivity contribution in [2.45, 2.75) is 4.34 Å². The molecular formula is C21H15N7O3S2. The van der Waals surface area contributed by atoms with Gasteiger partial charge >= 0.3 is 0 Å². The van der Waals surface area contributed by atoms with Crippen molar-refractivity contribution in [3.8, 4) is 0 Å². The molecule has 0 aliphatic heterocycles. The van der Waals surface area contributed by atoms with Gasteiger partial charge in [0.15, 0.2) is 4.34 Å². The number of amides is 1. The van der Waals surface area contributed by atoms with Crippen LogP contribution in [0.1, 0.15) is 5.56 Å². The second-order valence-electron chi connectivity index (χ2n) is 6.42. The van der Waals surface area contributed by atoms with Crippen LogP contribution < -0.4 is 5.43 Å². The van der Waals surface area contributed by atoms with E-state index in [-0.39, 0.29) is 23.2 Å². The first-order valence-electron chi connectivity index (χ1n) is 9.50. The normalized spacial score (nSPS) is 11.7. The number of para-hydroxylation sites is 1. The van der Waals surface area contributed by atoms with E-state index in [1.54, 1.807) is 18.3 Å². The first-order chi connectivity index (χ1) is 16.1. The summed E-state index contributed by atoms with van der Waals surface area (Å²) in [7, 11) is 0. The Labute approximate surface area is 195 Å². The van der Waals surface area contributed by atoms with Gasteiger partial charge in [0.1, 0.15) is 0 Å². The minimum atomic E-state index is -0.495. The number of aromatic nitrogens is 2. The van der Waals surface area contributed by atoms with Crippen LogP contribution in [0.2, 0.25) is 0 Å². The van der Waals surface area contributed by atoms with Crippen LogP contribution in [0.3, 0.4) is 0 Å². The van der Waals surface area contributed by atoms with Gasteiger partial charge in [0.25, 0.3) is 11.6 Å². The fourth-order valence-corrected chi connectivity index (χ4v) is 4.43. The van der Waals surface area contributed by atoms with Crippen molar-refractivity contribution < 1.29 is 9.72 Å². The van der Waals surface area contributed by atoms with Crippen molar-refractivity contribution in [3.63, 3.8) is 0 Å². The predicted molar refractivity (Wildman–Crippen MR) is 127 cm³/mol. The van der Waals surface area contributed by atoms with Gasteiger partial charge in [-0.15, -0.1) is 21.6 Å². The molecule has 4 aromatic rings. The molecular weight excluding hydrogens is 462 g/mol. The number of fused-ring (bicyclic) bond motifs is 1. The summed E-state index contributed by atoms with van der Waals surface area (Å²) in [6, 6.07) is 16.8. The maximum absolute atomic E-state index is 12.3. The molecule has 1 N–H and O–H groups in total. The molecule has 0 saturated carbocycles. The van der Waals surface area contributed by atoms with E-state index < -0.39 is 4.92 Å². The lowest BCUT2D eigenvalue weighted by Crippen LogP contribution is -2.21. The molecule has 0 aliphatic carbocycles. The molecule has 164 valence electrons. The van der Waals surface area contributed by atoms with Crippen molar-refractivity contribution >= 4 is 56.4 Å². The van der Waals surface area contributed by atoms with Gasteiger partial charge in [0, 0.05) is 30.1 Å². The number of hydrazone groups is 1. The lowest BCUT2D eigenvalue weighted by molar-refractivity contribution is -0.384. The molecule has 2 aromatic heterocycles. The Hall–Kier alpha value is -4.03. The van der Waals surface area contributed by atoms with E-state index in [9.17, 15) is 14.9 Å². The number of benzene rings is 2. The summed E-state index contributed by atoms with van der Waals surface area (Å²) in [5, 5.41) is 23.0. The number of carbonyl (C=O) groups is 1. The van der Waals surface area contributed by atoms with E-state index in [1.165, 1.54) is 53.6 Å². The number of thioether (sulfide) groups is 1. The summed E-state index contributed by atoms with van der Waals surface area (Å²) >= 11 is 2.84. The first-order valence-corrected chi connectivity index (χ1v) is 11.3. The van der Waals surface area contributed by atoms with Crippen molar-refractivity contribution in [1.29, 1.82) is 0 Å². The van der Waals surface area contributed by atoms with Crippen molar-refractivity contribution in [1.82, 2.24) is 15.4 Å². The maximum Gasteiger partial charge on any atom is 0.269 e. The van der Waals surface area contributed by atoms with Crippen LogP contribution >= 0.6 is 23.1 Å². The van der Waals surface area contributed by atoms with Crippen LogP contribution in [-0.2, 0) is 4.79 Å². The number of nitrogens with one attached hydrogen (secondary N) is 1. The number of rotatable bonds is 7. The SMILES string of the molecule is O=C(CSc1nc2ccccc2s1)N/N=C(\N=Nc1ccc([N+](=O)[O-])cc1)c1cccnc1. The summed E-state index contributed by atoms with van der Waals surface area (Å²) in [6.07, 6.45) is 3.14. The van der Waals surface area contributed by atoms with Gasteiger partial charge in [-0.3, -0.25) is 19.9 Å². The van der Waals surface area contributed by atoms with Gasteiger partial charge in [0.05, 0.1) is 26.6 Å². The molecule has 1 amide bonds. The molecule has 33 heavy (non-hydrogen) atoms. The number of carbonyl (C=O) groups excluding carboxylic acids is 1. The highest BCUT2D eigenvalue weighted by Gasteiger charge is 2.09. The molecule has 2 heterocycles. The fraction of sp³-hybridized carbons (Fsp3) is 0.0476. The zero-order valence-corrected chi connectivity index (χ0v) is 18.5. The average Bonchev–Trinajstić information content (AvgIpc) is 3.27. The number of hydrogen-bond acceptors (Lipinski definition) is 9. The molecule has 0 bridgehead atoms. The molecule has 4 rings (SSSR count). The highest BCUT2D eigenvalue weighted by atomic mass is 32.2. The number of thiazole rings is 1. The van der Waals surface area contributed by atoms with Crippen molar-refractivity contribution in [2.75, 3.05) is 5.75 Å². The molecule has 0 fully saturated rings. The number of nitro benzene ring substituents is 1. The molecule has 10 nitrogen and oxygen atoms in total. The highest BCUT2D eigenvalue weighted by Crippen LogP contribution is 2.29. The third kappa shape index (κ3) is 6.02. The second-order valence-corrected chi connectivity index (χ2v) is 8.67. The van der Waals surface area contributed by atoms with E-state index in [1.807, 2.05) is 24.3 Å². The Bertz CT molecular complexity index is 1310. The lowest BCUT2D eigenvalue weighted by atomic mass is 10.3. The van der Waals surface area contributed by atoms with Crippen LogP contribution in [-0.4, -0.2) is 32.4 Å². The van der Waals surface area contributed by atoms with Gasteiger partial charge in [-0.25, -0.2) is 10.4 Å². The Morgan fingerprint density at radius 1 is 1.12 bits per heavy atom. The highest BCUT2D eigenvalue weighted by molar-refractivity contribution is 8.01. The molecule has 0 radical (unpaired) electrons. The number of amidine groups is 1. The number of nitro groups is 1. The van der Waals surface area contributed by atoms with Gasteiger partial charge in [-0.1, -0.05) is 23.9 Å². The van der Waals surface area contributed by atoms with Crippen LogP contribution in [0.5, 0.6) is 0 Å². The summed E-state index contributed by atoms with van der Waals surface area (Å²) in [5.74, 6) is -0.0608. The summed E-state index contributed by atoms with van der Waals surface area (Å²) < 4.78 is 1.85. The largest absolute Gasteiger partial charge is 0.272 e. The maximum atomic E-state index is 12.3. The molecule has 0 spiro atoms. The second kappa shape index (κ2) is 10.5. The van der Waals surface area contributed by atoms with Gasteiger partial charge in [-0.05, 0) is 36.4 Å². The monoisotopic (exact) mass is 477 g/mol. The Balaban J connectivity index is 1.44. The minimum absolute atomic E-state index is 0.0482. The molecule has 0 atom stereocenters. The molecule has 0 unspecified atom stereocenters. The quantitative estimate of drug-likeness (QED) is 0.0999. The minimum Gasteiger partial charge on any atom is -0.272 e. The molecule has 0 aliphatic rings. The molecule has 0 saturated heterocycles. The standard InChI is InChI=1S/C21H15N7O3S2/c29-19(13-32-21-23-17-5-1-2-6-18(17)33-21)25-27-20(14-4-3-11-22-12-14)26-24-15-7-9-16(10-8-15)28(30)31/h1-12H,13H2,(H,25,29)/b26-24?,27-20-. The summed E-state index contributed by atoms with van der Waals surface area (Å²) in [4.78, 5) is 31.1. The Morgan fingerprint density at radius 2 is 1.94 bits per heavy atom. The lowest BCUT2D eigenvalue weighted by Gasteiger charge is -2.02. The van der Waals surface area contributed by atoms with Crippen LogP contribution in [0.25, 0.3) is 10.2 Å². The van der Waals surface area contributed by atoms with Crippen LogP contribution in [0.15, 0.2) is 92.7 Å². The topological polar surface area (TPSA) is 135 Å². The van der Waals surface area contributed by atoms with Crippen molar-refractivity contribution in [2.24, 2.45) is 15.3 Å². The fourth-order valence-electron chi connectivity index (χ4n) is 2.57. The Morgan fingerprint density at radius 3 is 2.67 bits per heavy atom. The Kier molecular flexibility index (Phi) is 7.07. The number of pyridine rings is 1. The van der Waals surface area contributed by atoms with E-state index in [0.717, 1.165) is 14.6 Å². The van der Waals surface area contributed by atoms with E-state index in [0.29, 0.717) is 11.3 Å². The summed E-state index contributed by atoms with van der Waals surface area (Å²) in [6.45, 7) is 0. The number of azo groups is 1. The number of hydrogen-bond donors (Lipinski definition) is 1. The third-order valence-corrected chi connectivity index (χ3v) is 6.31. The predicted octanol–water partition coefficient (Wildman–Crippen LogP) is 4.95. The third-order valence-electron chi connectivity index (χ3n) is 4.13. The van der Waals surface area contributed by atoms with Crippen molar-refractivity contribution in [3.05, 3.63) is 88.7 Å². The van der Waals surface area contributed by atoms with Crippen LogP contribution in [0, 0.1) is 10.1 Å². The molecule has 2 aromatic carbocycles. The number of non-ortho nitro benzene ring substituents is 1. The zero-order chi connectivity index (χ0) is 23.0. The first kappa shape index (κ1) is 22.2. The van der Waals surface area contributed by atoms with Gasteiger partial charge in [0.2, 0.25) is 5.84 Å². The molecule has 12 heteroatoms.